The molecule has 0 N–H and O–H groups in total. The predicted molar refractivity (Wildman–Crippen MR) is 111 cm³/mol. The molecular weight excluding hydrogens is 320 g/mol. The van der Waals surface area contributed by atoms with Gasteiger partial charge in [0.05, 0.1) is 13.2 Å². The average Bonchev–Trinajstić information content (AvgIpc) is 2.68. The van der Waals surface area contributed by atoms with Crippen LogP contribution in [0.5, 0.6) is 5.75 Å². The van der Waals surface area contributed by atoms with Crippen molar-refractivity contribution in [1.82, 2.24) is 0 Å². The molecule has 1 aromatic rings. The van der Waals surface area contributed by atoms with Gasteiger partial charge in [-0.05, 0) is 43.4 Å². The van der Waals surface area contributed by atoms with Gasteiger partial charge >= 0.3 is 0 Å². The summed E-state index contributed by atoms with van der Waals surface area (Å²) in [7, 11) is 0. The monoisotopic (exact) mass is 358 g/mol. The quantitative estimate of drug-likeness (QED) is 0.312. The Morgan fingerprint density at radius 2 is 1.62 bits per heavy atom. The molecule has 0 aliphatic rings. The molecule has 2 radical (unpaired) electrons. The lowest BCUT2D eigenvalue weighted by Crippen LogP contribution is -2.11. The zero-order chi connectivity index (χ0) is 19.2. The van der Waals surface area contributed by atoms with Gasteiger partial charge in [-0.3, -0.25) is 0 Å². The van der Waals surface area contributed by atoms with Crippen LogP contribution in [0.1, 0.15) is 84.6 Å². The van der Waals surface area contributed by atoms with E-state index >= 15 is 0 Å². The van der Waals surface area contributed by atoms with Gasteiger partial charge < -0.3 is 9.47 Å². The van der Waals surface area contributed by atoms with Crippen molar-refractivity contribution >= 4 is 5.76 Å². The van der Waals surface area contributed by atoms with E-state index in [1.165, 1.54) is 38.5 Å². The Morgan fingerprint density at radius 3 is 2.19 bits per heavy atom. The number of hydrogen-bond acceptors (Lipinski definition) is 2. The minimum Gasteiger partial charge on any atom is -0.493 e. The van der Waals surface area contributed by atoms with Crippen LogP contribution in [0.15, 0.2) is 18.2 Å². The first-order valence-electron chi connectivity index (χ1n) is 10.5. The Morgan fingerprint density at radius 1 is 1.00 bits per heavy atom. The van der Waals surface area contributed by atoms with E-state index in [4.69, 9.17) is 16.1 Å². The SMILES string of the molecule is [CH]=C(OCC(CC)CCCC)c1cc[c]c(OCC(CC)CCCC)c1. The van der Waals surface area contributed by atoms with E-state index in [-0.39, 0.29) is 0 Å². The van der Waals surface area contributed by atoms with E-state index in [9.17, 15) is 0 Å². The van der Waals surface area contributed by atoms with Crippen molar-refractivity contribution in [3.8, 4) is 5.75 Å². The fraction of sp³-hybridized carbons (Fsp3) is 0.667. The Hall–Kier alpha value is -1.44. The molecule has 0 aromatic heterocycles. The highest BCUT2D eigenvalue weighted by molar-refractivity contribution is 5.57. The van der Waals surface area contributed by atoms with Crippen molar-refractivity contribution in [2.75, 3.05) is 13.2 Å². The molecule has 0 heterocycles. The summed E-state index contributed by atoms with van der Waals surface area (Å²) in [5.41, 5.74) is 0.880. The van der Waals surface area contributed by atoms with Crippen molar-refractivity contribution in [3.63, 3.8) is 0 Å². The van der Waals surface area contributed by atoms with Crippen molar-refractivity contribution in [3.05, 3.63) is 36.4 Å². The van der Waals surface area contributed by atoms with Crippen LogP contribution in [-0.4, -0.2) is 13.2 Å². The standard InChI is InChI=1S/C24H38O2/c1-6-10-13-21(8-3)18-25-20(5)23-15-12-16-24(17-23)26-19-22(9-4)14-11-7-2/h5,12,15,17,21-22H,6-11,13-14,18-19H2,1-4H3. The molecule has 0 saturated carbocycles. The summed E-state index contributed by atoms with van der Waals surface area (Å²) >= 11 is 0. The molecule has 2 heteroatoms. The Balaban J connectivity index is 2.52. The van der Waals surface area contributed by atoms with Crippen LogP contribution in [0.25, 0.3) is 5.76 Å². The lowest BCUT2D eigenvalue weighted by Gasteiger charge is -2.18. The molecule has 0 saturated heterocycles. The van der Waals surface area contributed by atoms with Gasteiger partial charge in [0.15, 0.2) is 0 Å². The van der Waals surface area contributed by atoms with E-state index in [1.54, 1.807) is 0 Å². The normalized spacial score (nSPS) is 13.2. The van der Waals surface area contributed by atoms with Crippen LogP contribution in [0.2, 0.25) is 0 Å². The highest BCUT2D eigenvalue weighted by atomic mass is 16.5. The molecule has 0 amide bonds. The van der Waals surface area contributed by atoms with Gasteiger partial charge in [0, 0.05) is 11.6 Å². The molecule has 1 rings (SSSR count). The zero-order valence-electron chi connectivity index (χ0n) is 17.4. The van der Waals surface area contributed by atoms with Crippen molar-refractivity contribution in [1.29, 1.82) is 0 Å². The molecule has 1 aromatic carbocycles. The van der Waals surface area contributed by atoms with Gasteiger partial charge in [0.25, 0.3) is 0 Å². The van der Waals surface area contributed by atoms with E-state index in [2.05, 4.69) is 33.8 Å². The molecule has 146 valence electrons. The second kappa shape index (κ2) is 13.7. The second-order valence-corrected chi connectivity index (χ2v) is 7.26. The zero-order valence-corrected chi connectivity index (χ0v) is 17.4. The molecular formula is C24H38O2. The molecule has 26 heavy (non-hydrogen) atoms. The first-order chi connectivity index (χ1) is 12.6. The Kier molecular flexibility index (Phi) is 11.9. The molecule has 2 nitrogen and oxygen atoms in total. The van der Waals surface area contributed by atoms with Crippen LogP contribution in [-0.2, 0) is 4.74 Å². The Bertz CT molecular complexity index is 495. The molecule has 2 atom stereocenters. The fourth-order valence-electron chi connectivity index (χ4n) is 2.98. The minimum absolute atomic E-state index is 0.483. The van der Waals surface area contributed by atoms with Gasteiger partial charge in [-0.2, -0.15) is 0 Å². The number of hydrogen-bond donors (Lipinski definition) is 0. The van der Waals surface area contributed by atoms with E-state index in [1.807, 2.05) is 18.2 Å². The number of benzene rings is 1. The van der Waals surface area contributed by atoms with Gasteiger partial charge in [0.1, 0.15) is 11.5 Å². The summed E-state index contributed by atoms with van der Waals surface area (Å²) < 4.78 is 11.8. The van der Waals surface area contributed by atoms with Crippen molar-refractivity contribution < 1.29 is 9.47 Å². The highest BCUT2D eigenvalue weighted by Gasteiger charge is 2.10. The third-order valence-electron chi connectivity index (χ3n) is 5.10. The van der Waals surface area contributed by atoms with Gasteiger partial charge in [-0.25, -0.2) is 0 Å². The second-order valence-electron chi connectivity index (χ2n) is 7.26. The predicted octanol–water partition coefficient (Wildman–Crippen LogP) is 7.09. The molecule has 0 aliphatic carbocycles. The summed E-state index contributed by atoms with van der Waals surface area (Å²) in [4.78, 5) is 0. The maximum Gasteiger partial charge on any atom is 0.127 e. The third-order valence-corrected chi connectivity index (χ3v) is 5.10. The topological polar surface area (TPSA) is 18.5 Å². The summed E-state index contributed by atoms with van der Waals surface area (Å²) in [6.07, 6.45) is 9.66. The van der Waals surface area contributed by atoms with Crippen LogP contribution >= 0.6 is 0 Å². The molecule has 0 spiro atoms. The van der Waals surface area contributed by atoms with E-state index < -0.39 is 0 Å². The number of unbranched alkanes of at least 4 members (excludes halogenated alkanes) is 2. The van der Waals surface area contributed by atoms with Crippen molar-refractivity contribution in [2.45, 2.75) is 79.1 Å². The lowest BCUT2D eigenvalue weighted by atomic mass is 10.0. The van der Waals surface area contributed by atoms with Gasteiger partial charge in [0.2, 0.25) is 0 Å². The van der Waals surface area contributed by atoms with Crippen LogP contribution < -0.4 is 4.74 Å². The molecule has 0 fully saturated rings. The molecule has 2 unspecified atom stereocenters. The third kappa shape index (κ3) is 8.78. The van der Waals surface area contributed by atoms with Crippen LogP contribution in [0, 0.1) is 24.5 Å². The van der Waals surface area contributed by atoms with E-state index in [0.717, 1.165) is 30.8 Å². The Labute approximate surface area is 162 Å². The van der Waals surface area contributed by atoms with Crippen LogP contribution in [0.3, 0.4) is 0 Å². The van der Waals surface area contributed by atoms with E-state index in [0.29, 0.717) is 24.2 Å². The summed E-state index contributed by atoms with van der Waals surface area (Å²) in [6, 6.07) is 8.89. The summed E-state index contributed by atoms with van der Waals surface area (Å²) in [5.74, 6) is 2.41. The largest absolute Gasteiger partial charge is 0.493 e. The highest BCUT2D eigenvalue weighted by Crippen LogP contribution is 2.23. The van der Waals surface area contributed by atoms with Gasteiger partial charge in [-0.1, -0.05) is 72.3 Å². The summed E-state index contributed by atoms with van der Waals surface area (Å²) in [5, 5.41) is 0. The molecule has 0 bridgehead atoms. The maximum absolute atomic E-state index is 6.17. The smallest absolute Gasteiger partial charge is 0.127 e. The number of rotatable bonds is 15. The van der Waals surface area contributed by atoms with Gasteiger partial charge in [-0.15, -0.1) is 0 Å². The average molecular weight is 359 g/mol. The summed E-state index contributed by atoms with van der Waals surface area (Å²) in [6.45, 7) is 16.5. The minimum atomic E-state index is 0.483. The first-order valence-corrected chi connectivity index (χ1v) is 10.5. The lowest BCUT2D eigenvalue weighted by molar-refractivity contribution is 0.203. The molecule has 0 aliphatic heterocycles. The first kappa shape index (κ1) is 22.6. The van der Waals surface area contributed by atoms with Crippen molar-refractivity contribution in [2.24, 2.45) is 11.8 Å². The number of ether oxygens (including phenoxy) is 2. The fourth-order valence-corrected chi connectivity index (χ4v) is 2.98. The van der Waals surface area contributed by atoms with Crippen LogP contribution in [0.4, 0.5) is 0 Å². The maximum atomic E-state index is 6.17.